The molecule has 0 fully saturated rings. The molecule has 0 aliphatic rings. The number of aromatic amines is 1. The second kappa shape index (κ2) is 5.19. The van der Waals surface area contributed by atoms with Crippen LogP contribution in [0.2, 0.25) is 0 Å². The number of nitrogens with one attached hydrogen (secondary N) is 2. The highest BCUT2D eigenvalue weighted by Gasteiger charge is 2.06. The Balaban J connectivity index is 1.59. The van der Waals surface area contributed by atoms with Gasteiger partial charge in [0.15, 0.2) is 5.65 Å². The lowest BCUT2D eigenvalue weighted by atomic mass is 10.3. The van der Waals surface area contributed by atoms with Crippen LogP contribution in [-0.4, -0.2) is 30.8 Å². The van der Waals surface area contributed by atoms with Crippen LogP contribution in [0.4, 0.5) is 0 Å². The molecule has 3 heterocycles. The number of H-pyrrole nitrogens is 1. The second-order valence-corrected chi connectivity index (χ2v) is 4.57. The molecule has 0 spiro atoms. The third-order valence-electron chi connectivity index (χ3n) is 2.94. The maximum Gasteiger partial charge on any atom is 0.177 e. The number of hydrogen-bond donors (Lipinski definition) is 2. The second-order valence-electron chi connectivity index (χ2n) is 4.57. The topological polar surface area (TPSA) is 71.4 Å². The van der Waals surface area contributed by atoms with Crippen LogP contribution in [0.25, 0.3) is 11.2 Å². The molecule has 98 valence electrons. The Morgan fingerprint density at radius 1 is 1.37 bits per heavy atom. The molecule has 0 saturated carbocycles. The van der Waals surface area contributed by atoms with Gasteiger partial charge in [0, 0.05) is 24.6 Å². The van der Waals surface area contributed by atoms with Gasteiger partial charge in [0.05, 0.1) is 18.6 Å². The zero-order valence-corrected chi connectivity index (χ0v) is 10.7. The molecule has 0 bridgehead atoms. The van der Waals surface area contributed by atoms with Crippen molar-refractivity contribution in [1.82, 2.24) is 30.0 Å². The zero-order chi connectivity index (χ0) is 13.1. The van der Waals surface area contributed by atoms with Crippen LogP contribution in [-0.2, 0) is 13.1 Å². The third kappa shape index (κ3) is 2.79. The number of nitrogens with zero attached hydrogens (tertiary/aromatic N) is 4. The van der Waals surface area contributed by atoms with Gasteiger partial charge in [-0.05, 0) is 25.1 Å². The third-order valence-corrected chi connectivity index (χ3v) is 2.94. The van der Waals surface area contributed by atoms with Gasteiger partial charge in [-0.25, -0.2) is 9.97 Å². The summed E-state index contributed by atoms with van der Waals surface area (Å²) in [5.41, 5.74) is 1.73. The Labute approximate surface area is 110 Å². The molecule has 0 aliphatic carbocycles. The van der Waals surface area contributed by atoms with Crippen LogP contribution < -0.4 is 5.32 Å². The Hall–Kier alpha value is -2.21. The Morgan fingerprint density at radius 3 is 3.11 bits per heavy atom. The van der Waals surface area contributed by atoms with Gasteiger partial charge in [0.25, 0.3) is 0 Å². The zero-order valence-electron chi connectivity index (χ0n) is 10.7. The minimum absolute atomic E-state index is 0.320. The van der Waals surface area contributed by atoms with E-state index in [1.165, 1.54) is 0 Å². The Bertz CT molecular complexity index is 609. The van der Waals surface area contributed by atoms with Gasteiger partial charge in [-0.1, -0.05) is 0 Å². The number of hydrogen-bond acceptors (Lipinski definition) is 4. The summed E-state index contributed by atoms with van der Waals surface area (Å²) >= 11 is 0. The van der Waals surface area contributed by atoms with E-state index in [1.54, 1.807) is 12.4 Å². The normalized spacial score (nSPS) is 12.9. The van der Waals surface area contributed by atoms with Gasteiger partial charge in [0.1, 0.15) is 5.82 Å². The van der Waals surface area contributed by atoms with Crippen LogP contribution in [0.3, 0.4) is 0 Å². The van der Waals surface area contributed by atoms with Crippen molar-refractivity contribution < 1.29 is 0 Å². The van der Waals surface area contributed by atoms with Gasteiger partial charge in [-0.2, -0.15) is 5.10 Å². The first-order valence-corrected chi connectivity index (χ1v) is 6.32. The Morgan fingerprint density at radius 2 is 2.32 bits per heavy atom. The van der Waals surface area contributed by atoms with Crippen molar-refractivity contribution in [3.8, 4) is 0 Å². The monoisotopic (exact) mass is 256 g/mol. The molecule has 0 amide bonds. The van der Waals surface area contributed by atoms with Crippen molar-refractivity contribution in [2.75, 3.05) is 0 Å². The SMILES string of the molecule is C[C@H](Cn1cccn1)NCc1nc2ncccc2[nH]1. The van der Waals surface area contributed by atoms with Crippen LogP contribution in [0, 0.1) is 0 Å². The molecule has 2 N–H and O–H groups in total. The predicted molar refractivity (Wildman–Crippen MR) is 72.4 cm³/mol. The summed E-state index contributed by atoms with van der Waals surface area (Å²) < 4.78 is 1.91. The molecule has 1 atom stereocenters. The van der Waals surface area contributed by atoms with Gasteiger partial charge >= 0.3 is 0 Å². The van der Waals surface area contributed by atoms with Crippen LogP contribution in [0.5, 0.6) is 0 Å². The van der Waals surface area contributed by atoms with Crippen molar-refractivity contribution in [3.05, 3.63) is 42.6 Å². The average Bonchev–Trinajstić information content (AvgIpc) is 3.04. The molecule has 0 aromatic carbocycles. The van der Waals surface area contributed by atoms with E-state index in [2.05, 4.69) is 32.3 Å². The number of rotatable bonds is 5. The molecular weight excluding hydrogens is 240 g/mol. The maximum absolute atomic E-state index is 4.43. The van der Waals surface area contributed by atoms with Gasteiger partial charge in [-0.15, -0.1) is 0 Å². The summed E-state index contributed by atoms with van der Waals surface area (Å²) in [5, 5.41) is 7.60. The molecule has 6 nitrogen and oxygen atoms in total. The minimum atomic E-state index is 0.320. The molecule has 3 aromatic heterocycles. The highest BCUT2D eigenvalue weighted by Crippen LogP contribution is 2.07. The van der Waals surface area contributed by atoms with Crippen molar-refractivity contribution in [2.24, 2.45) is 0 Å². The molecule has 0 unspecified atom stereocenters. The number of fused-ring (bicyclic) bond motifs is 1. The van der Waals surface area contributed by atoms with Gasteiger partial charge < -0.3 is 10.3 Å². The minimum Gasteiger partial charge on any atom is -0.340 e. The smallest absolute Gasteiger partial charge is 0.177 e. The lowest BCUT2D eigenvalue weighted by molar-refractivity contribution is 0.446. The summed E-state index contributed by atoms with van der Waals surface area (Å²) in [6, 6.07) is 6.13. The molecule has 19 heavy (non-hydrogen) atoms. The van der Waals surface area contributed by atoms with E-state index in [0.717, 1.165) is 23.5 Å². The predicted octanol–water partition coefficient (Wildman–Crippen LogP) is 1.33. The van der Waals surface area contributed by atoms with Crippen LogP contribution in [0.15, 0.2) is 36.8 Å². The average molecular weight is 256 g/mol. The van der Waals surface area contributed by atoms with E-state index in [0.29, 0.717) is 12.6 Å². The highest BCUT2D eigenvalue weighted by molar-refractivity contribution is 5.69. The van der Waals surface area contributed by atoms with E-state index in [-0.39, 0.29) is 0 Å². The van der Waals surface area contributed by atoms with Crippen molar-refractivity contribution in [1.29, 1.82) is 0 Å². The van der Waals surface area contributed by atoms with E-state index in [1.807, 2.05) is 29.1 Å². The van der Waals surface area contributed by atoms with E-state index in [9.17, 15) is 0 Å². The standard InChI is InChI=1S/C13H16N6/c1-10(9-19-7-3-6-16-19)15-8-12-17-11-4-2-5-14-13(11)18-12/h2-7,10,15H,8-9H2,1H3,(H,14,17,18)/t10-/m1/s1. The highest BCUT2D eigenvalue weighted by atomic mass is 15.3. The number of aromatic nitrogens is 5. The summed E-state index contributed by atoms with van der Waals surface area (Å²) in [7, 11) is 0. The van der Waals surface area contributed by atoms with Crippen molar-refractivity contribution in [2.45, 2.75) is 26.1 Å². The van der Waals surface area contributed by atoms with E-state index >= 15 is 0 Å². The lowest BCUT2D eigenvalue weighted by Crippen LogP contribution is -2.30. The van der Waals surface area contributed by atoms with Crippen LogP contribution in [0.1, 0.15) is 12.7 Å². The summed E-state index contributed by atoms with van der Waals surface area (Å²) in [6.07, 6.45) is 5.50. The first-order chi connectivity index (χ1) is 9.31. The first kappa shape index (κ1) is 11.9. The molecule has 3 aromatic rings. The molecule has 0 saturated heterocycles. The quantitative estimate of drug-likeness (QED) is 0.722. The number of pyridine rings is 1. The summed E-state index contributed by atoms with van der Waals surface area (Å²) in [6.45, 7) is 3.66. The molecule has 6 heteroatoms. The van der Waals surface area contributed by atoms with Crippen LogP contribution >= 0.6 is 0 Å². The molecule has 0 aliphatic heterocycles. The number of imidazole rings is 1. The van der Waals surface area contributed by atoms with Gasteiger partial charge in [-0.3, -0.25) is 4.68 Å². The molecular formula is C13H16N6. The maximum atomic E-state index is 4.43. The molecule has 0 radical (unpaired) electrons. The van der Waals surface area contributed by atoms with E-state index in [4.69, 9.17) is 0 Å². The van der Waals surface area contributed by atoms with Crippen molar-refractivity contribution >= 4 is 11.2 Å². The fraction of sp³-hybridized carbons (Fsp3) is 0.308. The van der Waals surface area contributed by atoms with Gasteiger partial charge in [0.2, 0.25) is 0 Å². The fourth-order valence-corrected chi connectivity index (χ4v) is 2.00. The van der Waals surface area contributed by atoms with Crippen molar-refractivity contribution in [3.63, 3.8) is 0 Å². The van der Waals surface area contributed by atoms with E-state index < -0.39 is 0 Å². The lowest BCUT2D eigenvalue weighted by Gasteiger charge is -2.12. The first-order valence-electron chi connectivity index (χ1n) is 6.32. The molecule has 3 rings (SSSR count). The Kier molecular flexibility index (Phi) is 3.24. The summed E-state index contributed by atoms with van der Waals surface area (Å²) in [5.74, 6) is 0.904. The fourth-order valence-electron chi connectivity index (χ4n) is 2.00. The largest absolute Gasteiger partial charge is 0.340 e. The summed E-state index contributed by atoms with van der Waals surface area (Å²) in [4.78, 5) is 11.9.